The molecule has 0 aromatic heterocycles. The van der Waals surface area contributed by atoms with Crippen LogP contribution in [0, 0.1) is 0 Å². The van der Waals surface area contributed by atoms with Crippen LogP contribution in [0.4, 0.5) is 39.5 Å². The molecule has 0 fully saturated rings. The Morgan fingerprint density at radius 1 is 0.737 bits per heavy atom. The van der Waals surface area contributed by atoms with E-state index in [1.165, 1.54) is 0 Å². The lowest BCUT2D eigenvalue weighted by Gasteiger charge is -2.30. The number of hydrogen-bond acceptors (Lipinski definition) is 3. The normalized spacial score (nSPS) is 14.8. The summed E-state index contributed by atoms with van der Waals surface area (Å²) >= 11 is 0. The summed E-state index contributed by atoms with van der Waals surface area (Å²) in [7, 11) is -5.87. The van der Waals surface area contributed by atoms with Gasteiger partial charge in [-0.25, -0.2) is 0 Å². The Balaban J connectivity index is 5.01. The third-order valence-corrected chi connectivity index (χ3v) is 3.75. The number of hydrogen-bond donors (Lipinski definition) is 0. The fraction of sp³-hybridized carbons (Fsp3) is 1.00. The van der Waals surface area contributed by atoms with Crippen LogP contribution in [-0.4, -0.2) is 47.3 Å². The summed E-state index contributed by atoms with van der Waals surface area (Å²) in [5.41, 5.74) is 0. The molecule has 0 aromatic carbocycles. The van der Waals surface area contributed by atoms with Crippen molar-refractivity contribution < 1.29 is 52.8 Å². The highest BCUT2D eigenvalue weighted by atomic mass is 28.4. The summed E-state index contributed by atoms with van der Waals surface area (Å²) in [6.45, 7) is -4.88. The molecule has 0 N–H and O–H groups in total. The van der Waals surface area contributed by atoms with Gasteiger partial charge in [0.25, 0.3) is 0 Å². The van der Waals surface area contributed by atoms with Crippen molar-refractivity contribution >= 4 is 8.80 Å². The molecular formula is C6H7F9O3Si. The van der Waals surface area contributed by atoms with Crippen molar-refractivity contribution in [3.63, 3.8) is 0 Å². The number of alkyl halides is 9. The Hall–Kier alpha value is -0.533. The van der Waals surface area contributed by atoms with Gasteiger partial charge in [0, 0.05) is 7.11 Å². The van der Waals surface area contributed by atoms with Crippen molar-refractivity contribution in [3.8, 4) is 0 Å². The van der Waals surface area contributed by atoms with E-state index in [1.807, 2.05) is 0 Å². The van der Waals surface area contributed by atoms with Crippen LogP contribution in [0.25, 0.3) is 0 Å². The van der Waals surface area contributed by atoms with E-state index in [9.17, 15) is 39.5 Å². The smallest absolute Gasteiger partial charge is 0.371 e. The van der Waals surface area contributed by atoms with Crippen molar-refractivity contribution in [1.29, 1.82) is 0 Å². The Labute approximate surface area is 101 Å². The van der Waals surface area contributed by atoms with Gasteiger partial charge in [-0.05, 0) is 0 Å². The van der Waals surface area contributed by atoms with Gasteiger partial charge in [0.15, 0.2) is 0 Å². The highest BCUT2D eigenvalue weighted by Gasteiger charge is 2.68. The molecule has 0 radical (unpaired) electrons. The summed E-state index contributed by atoms with van der Waals surface area (Å²) in [4.78, 5) is 0. The molecule has 0 unspecified atom stereocenters. The molecule has 0 aliphatic rings. The van der Waals surface area contributed by atoms with E-state index in [0.29, 0.717) is 0 Å². The molecule has 116 valence electrons. The van der Waals surface area contributed by atoms with Crippen LogP contribution < -0.4 is 0 Å². The van der Waals surface area contributed by atoms with Crippen LogP contribution in [0.5, 0.6) is 0 Å². The standard InChI is InChI=1S/C6H7F9O3Si/c1-16-19(6(13,14)15,17-2-4(7,8)9)18-3-5(10,11)12/h2-3H2,1H3. The molecular weight excluding hydrogens is 319 g/mol. The maximum atomic E-state index is 12.5. The largest absolute Gasteiger partial charge is 0.616 e. The first kappa shape index (κ1) is 18.5. The minimum atomic E-state index is -6.13. The van der Waals surface area contributed by atoms with Crippen molar-refractivity contribution in [1.82, 2.24) is 0 Å². The first-order chi connectivity index (χ1) is 8.22. The third-order valence-electron chi connectivity index (χ3n) is 1.47. The lowest BCUT2D eigenvalue weighted by atomic mass is 10.7. The first-order valence-corrected chi connectivity index (χ1v) is 5.98. The van der Waals surface area contributed by atoms with Gasteiger partial charge in [-0.2, -0.15) is 39.5 Å². The van der Waals surface area contributed by atoms with Crippen molar-refractivity contribution in [2.24, 2.45) is 0 Å². The lowest BCUT2D eigenvalue weighted by molar-refractivity contribution is -0.204. The molecule has 13 heteroatoms. The summed E-state index contributed by atoms with van der Waals surface area (Å²) in [6, 6.07) is 0. The number of rotatable bonds is 5. The second-order valence-electron chi connectivity index (χ2n) is 3.07. The molecule has 0 heterocycles. The van der Waals surface area contributed by atoms with Crippen molar-refractivity contribution in [2.75, 3.05) is 20.3 Å². The average Bonchev–Trinajstić information content (AvgIpc) is 2.13. The molecule has 0 aliphatic heterocycles. The first-order valence-electron chi connectivity index (χ1n) is 4.26. The van der Waals surface area contributed by atoms with Crippen LogP contribution >= 0.6 is 0 Å². The minimum absolute atomic E-state index is 0.256. The molecule has 0 aliphatic carbocycles. The van der Waals surface area contributed by atoms with Gasteiger partial charge in [-0.15, -0.1) is 0 Å². The van der Waals surface area contributed by atoms with Crippen LogP contribution in [0.3, 0.4) is 0 Å². The van der Waals surface area contributed by atoms with Crippen LogP contribution in [0.1, 0.15) is 0 Å². The molecule has 19 heavy (non-hydrogen) atoms. The molecule has 3 nitrogen and oxygen atoms in total. The minimum Gasteiger partial charge on any atom is -0.371 e. The fourth-order valence-corrected chi connectivity index (χ4v) is 2.38. The highest BCUT2D eigenvalue weighted by Crippen LogP contribution is 2.34. The molecule has 0 spiro atoms. The van der Waals surface area contributed by atoms with Gasteiger partial charge in [0.2, 0.25) is 0 Å². The Kier molecular flexibility index (Phi) is 5.68. The van der Waals surface area contributed by atoms with Gasteiger partial charge < -0.3 is 13.3 Å². The number of halogens is 9. The maximum Gasteiger partial charge on any atom is 0.616 e. The Morgan fingerprint density at radius 3 is 1.21 bits per heavy atom. The van der Waals surface area contributed by atoms with E-state index in [0.717, 1.165) is 0 Å². The highest BCUT2D eigenvalue weighted by molar-refractivity contribution is 6.62. The van der Waals surface area contributed by atoms with E-state index in [2.05, 4.69) is 13.3 Å². The monoisotopic (exact) mass is 326 g/mol. The Morgan fingerprint density at radius 2 is 1.05 bits per heavy atom. The van der Waals surface area contributed by atoms with Crippen molar-refractivity contribution in [3.05, 3.63) is 0 Å². The summed E-state index contributed by atoms with van der Waals surface area (Å²) in [5, 5.41) is 0. The molecule has 0 aromatic rings. The van der Waals surface area contributed by atoms with E-state index >= 15 is 0 Å². The summed E-state index contributed by atoms with van der Waals surface area (Å²) in [6.07, 6.45) is -10.4. The zero-order valence-corrected chi connectivity index (χ0v) is 10.0. The average molecular weight is 326 g/mol. The zero-order chi connectivity index (χ0) is 15.5. The fourth-order valence-electron chi connectivity index (χ4n) is 0.793. The lowest BCUT2D eigenvalue weighted by Crippen LogP contribution is -2.60. The second kappa shape index (κ2) is 5.84. The van der Waals surface area contributed by atoms with Crippen LogP contribution in [-0.2, 0) is 13.3 Å². The quantitative estimate of drug-likeness (QED) is 0.574. The van der Waals surface area contributed by atoms with Gasteiger partial charge in [-0.3, -0.25) is 0 Å². The van der Waals surface area contributed by atoms with Gasteiger partial charge in [0.05, 0.1) is 0 Å². The van der Waals surface area contributed by atoms with Gasteiger partial charge in [-0.1, -0.05) is 0 Å². The molecule has 0 amide bonds. The predicted octanol–water partition coefficient (Wildman–Crippen LogP) is 2.83. The van der Waals surface area contributed by atoms with Crippen LogP contribution in [0.2, 0.25) is 0 Å². The topological polar surface area (TPSA) is 27.7 Å². The van der Waals surface area contributed by atoms with Gasteiger partial charge >= 0.3 is 27.0 Å². The molecule has 0 rings (SSSR count). The maximum absolute atomic E-state index is 12.5. The molecule has 0 saturated heterocycles. The Bertz CT molecular complexity index is 265. The third kappa shape index (κ3) is 6.44. The van der Waals surface area contributed by atoms with E-state index in [1.54, 1.807) is 0 Å². The van der Waals surface area contributed by atoms with Gasteiger partial charge in [0.1, 0.15) is 13.2 Å². The van der Waals surface area contributed by atoms with E-state index < -0.39 is 40.2 Å². The predicted molar refractivity (Wildman–Crippen MR) is 42.8 cm³/mol. The zero-order valence-electron chi connectivity index (χ0n) is 9.04. The van der Waals surface area contributed by atoms with E-state index in [-0.39, 0.29) is 7.11 Å². The molecule has 0 saturated carbocycles. The van der Waals surface area contributed by atoms with E-state index in [4.69, 9.17) is 0 Å². The summed E-state index contributed by atoms with van der Waals surface area (Å²) < 4.78 is 119. The van der Waals surface area contributed by atoms with Crippen molar-refractivity contribution in [2.45, 2.75) is 18.2 Å². The molecule has 0 bridgehead atoms. The SMILES string of the molecule is CO[Si](OCC(F)(F)F)(OCC(F)(F)F)C(F)(F)F. The molecule has 0 atom stereocenters. The summed E-state index contributed by atoms with van der Waals surface area (Å²) in [5.74, 6) is -5.63. The van der Waals surface area contributed by atoms with Crippen LogP contribution in [0.15, 0.2) is 0 Å². The second-order valence-corrected chi connectivity index (χ2v) is 5.73.